The highest BCUT2D eigenvalue weighted by atomic mass is 16.5. The van der Waals surface area contributed by atoms with Gasteiger partial charge >= 0.3 is 0 Å². The van der Waals surface area contributed by atoms with E-state index in [0.29, 0.717) is 19.6 Å². The zero-order valence-corrected chi connectivity index (χ0v) is 17.3. The maximum absolute atomic E-state index is 13.2. The second-order valence-electron chi connectivity index (χ2n) is 7.94. The Morgan fingerprint density at radius 2 is 1.83 bits per heavy atom. The number of nitrogens with zero attached hydrogens (tertiary/aromatic N) is 1. The number of aromatic hydroxyl groups is 1. The van der Waals surface area contributed by atoms with E-state index in [0.717, 1.165) is 22.4 Å². The molecule has 2 saturated heterocycles. The van der Waals surface area contributed by atoms with Crippen LogP contribution in [0.25, 0.3) is 0 Å². The van der Waals surface area contributed by atoms with E-state index in [1.165, 1.54) is 0 Å². The van der Waals surface area contributed by atoms with E-state index in [9.17, 15) is 15.0 Å². The van der Waals surface area contributed by atoms with Crippen molar-refractivity contribution in [1.29, 1.82) is 0 Å². The Kier molecular flexibility index (Phi) is 5.94. The number of benzene rings is 2. The minimum Gasteiger partial charge on any atom is -0.508 e. The molecule has 2 heterocycles. The van der Waals surface area contributed by atoms with Crippen molar-refractivity contribution in [1.82, 2.24) is 15.8 Å². The Morgan fingerprint density at radius 1 is 1.10 bits per heavy atom. The van der Waals surface area contributed by atoms with Crippen molar-refractivity contribution in [2.45, 2.75) is 38.4 Å². The lowest BCUT2D eigenvalue weighted by molar-refractivity contribution is -0.130. The van der Waals surface area contributed by atoms with Gasteiger partial charge in [0.05, 0.1) is 18.7 Å². The molecule has 0 spiro atoms. The van der Waals surface area contributed by atoms with Crippen molar-refractivity contribution in [3.63, 3.8) is 0 Å². The molecule has 30 heavy (non-hydrogen) atoms. The van der Waals surface area contributed by atoms with Gasteiger partial charge in [0.1, 0.15) is 17.5 Å². The van der Waals surface area contributed by atoms with Crippen LogP contribution in [0.4, 0.5) is 0 Å². The van der Waals surface area contributed by atoms with Gasteiger partial charge in [-0.3, -0.25) is 4.79 Å². The van der Waals surface area contributed by atoms with Crippen molar-refractivity contribution in [2.75, 3.05) is 19.8 Å². The number of carbonyl (C=O) groups excluding carboxylic acids is 1. The summed E-state index contributed by atoms with van der Waals surface area (Å²) in [5, 5.41) is 19.9. The number of aliphatic hydroxyl groups excluding tert-OH is 1. The van der Waals surface area contributed by atoms with Gasteiger partial charge in [-0.1, -0.05) is 29.8 Å². The average Bonchev–Trinajstić information content (AvgIpc) is 3.28. The van der Waals surface area contributed by atoms with Crippen LogP contribution in [0.2, 0.25) is 0 Å². The Hall–Kier alpha value is -2.61. The smallest absolute Gasteiger partial charge is 0.242 e. The van der Waals surface area contributed by atoms with E-state index in [1.54, 1.807) is 6.07 Å². The Labute approximate surface area is 176 Å². The van der Waals surface area contributed by atoms with Gasteiger partial charge in [0, 0.05) is 24.6 Å². The molecule has 160 valence electrons. The SMILES string of the molecule is CCOc1ccc(C2C3C(NNC3c3cc(C)ccc3O)C(=O)N2CCCO)cc1. The van der Waals surface area contributed by atoms with Crippen molar-refractivity contribution < 1.29 is 19.7 Å². The molecule has 0 saturated carbocycles. The third-order valence-corrected chi connectivity index (χ3v) is 6.02. The van der Waals surface area contributed by atoms with Gasteiger partial charge < -0.3 is 19.8 Å². The first-order chi connectivity index (χ1) is 14.5. The van der Waals surface area contributed by atoms with Crippen molar-refractivity contribution >= 4 is 5.91 Å². The van der Waals surface area contributed by atoms with Crippen LogP contribution in [0.1, 0.15) is 42.1 Å². The van der Waals surface area contributed by atoms with Crippen LogP contribution in [0.15, 0.2) is 42.5 Å². The summed E-state index contributed by atoms with van der Waals surface area (Å²) in [5.74, 6) is 0.906. The lowest BCUT2D eigenvalue weighted by Gasteiger charge is -2.31. The van der Waals surface area contributed by atoms with Gasteiger partial charge in [0.25, 0.3) is 0 Å². The molecule has 0 bridgehead atoms. The number of hydrazine groups is 1. The molecule has 2 aromatic carbocycles. The summed E-state index contributed by atoms with van der Waals surface area (Å²) < 4.78 is 5.57. The monoisotopic (exact) mass is 411 g/mol. The molecule has 0 aromatic heterocycles. The zero-order valence-electron chi connectivity index (χ0n) is 17.3. The number of hydrogen-bond acceptors (Lipinski definition) is 6. The Bertz CT molecular complexity index is 902. The highest BCUT2D eigenvalue weighted by Gasteiger charge is 2.55. The number of phenolic OH excluding ortho intramolecular Hbond substituents is 1. The molecule has 7 nitrogen and oxygen atoms in total. The van der Waals surface area contributed by atoms with Gasteiger partial charge in [-0.05, 0) is 44.0 Å². The highest BCUT2D eigenvalue weighted by Crippen LogP contribution is 2.48. The zero-order chi connectivity index (χ0) is 21.3. The summed E-state index contributed by atoms with van der Waals surface area (Å²) in [5.41, 5.74) is 9.25. The fourth-order valence-corrected chi connectivity index (χ4v) is 4.71. The number of nitrogens with one attached hydrogen (secondary N) is 2. The lowest BCUT2D eigenvalue weighted by Crippen LogP contribution is -2.41. The second-order valence-corrected chi connectivity index (χ2v) is 7.94. The molecular weight excluding hydrogens is 382 g/mol. The van der Waals surface area contributed by atoms with Crippen LogP contribution >= 0.6 is 0 Å². The van der Waals surface area contributed by atoms with E-state index in [1.807, 2.05) is 55.1 Å². The molecule has 4 atom stereocenters. The number of aryl methyl sites for hydroxylation is 1. The molecule has 4 unspecified atom stereocenters. The third kappa shape index (κ3) is 3.64. The molecule has 7 heteroatoms. The highest BCUT2D eigenvalue weighted by molar-refractivity contribution is 5.86. The first kappa shape index (κ1) is 20.7. The fraction of sp³-hybridized carbons (Fsp3) is 0.435. The van der Waals surface area contributed by atoms with Crippen molar-refractivity contribution in [3.8, 4) is 11.5 Å². The summed E-state index contributed by atoms with van der Waals surface area (Å²) in [6.07, 6.45) is 0.520. The number of hydrogen-bond donors (Lipinski definition) is 4. The summed E-state index contributed by atoms with van der Waals surface area (Å²) >= 11 is 0. The van der Waals surface area contributed by atoms with Crippen molar-refractivity contribution in [2.24, 2.45) is 5.92 Å². The largest absolute Gasteiger partial charge is 0.508 e. The quantitative estimate of drug-likeness (QED) is 0.558. The van der Waals surface area contributed by atoms with Crippen LogP contribution in [0.3, 0.4) is 0 Å². The average molecular weight is 412 g/mol. The molecule has 0 radical (unpaired) electrons. The van der Waals surface area contributed by atoms with Gasteiger partial charge in [-0.2, -0.15) is 0 Å². The van der Waals surface area contributed by atoms with Crippen LogP contribution < -0.4 is 15.6 Å². The molecule has 1 amide bonds. The van der Waals surface area contributed by atoms with E-state index >= 15 is 0 Å². The number of ether oxygens (including phenoxy) is 1. The Balaban J connectivity index is 1.74. The summed E-state index contributed by atoms with van der Waals surface area (Å²) in [6.45, 7) is 5.04. The topological polar surface area (TPSA) is 94.1 Å². The molecule has 0 aliphatic carbocycles. The van der Waals surface area contributed by atoms with Crippen molar-refractivity contribution in [3.05, 3.63) is 59.2 Å². The summed E-state index contributed by atoms with van der Waals surface area (Å²) in [7, 11) is 0. The molecule has 2 aliphatic heterocycles. The van der Waals surface area contributed by atoms with E-state index in [4.69, 9.17) is 4.74 Å². The minimum atomic E-state index is -0.398. The summed E-state index contributed by atoms with van der Waals surface area (Å²) in [4.78, 5) is 15.1. The number of phenols is 1. The number of amides is 1. The maximum atomic E-state index is 13.2. The second kappa shape index (κ2) is 8.63. The minimum absolute atomic E-state index is 0.00878. The van der Waals surface area contributed by atoms with E-state index in [2.05, 4.69) is 10.9 Å². The van der Waals surface area contributed by atoms with Gasteiger partial charge in [0.2, 0.25) is 5.91 Å². The fourth-order valence-electron chi connectivity index (χ4n) is 4.71. The molecule has 2 aliphatic rings. The number of rotatable bonds is 7. The van der Waals surface area contributed by atoms with Gasteiger partial charge in [-0.25, -0.2) is 10.9 Å². The number of fused-ring (bicyclic) bond motifs is 1. The number of carbonyl (C=O) groups is 1. The molecule has 4 rings (SSSR count). The normalized spacial score (nSPS) is 25.6. The summed E-state index contributed by atoms with van der Waals surface area (Å²) in [6, 6.07) is 12.6. The van der Waals surface area contributed by atoms with Crippen LogP contribution in [0, 0.1) is 12.8 Å². The van der Waals surface area contributed by atoms with Crippen LogP contribution in [-0.4, -0.2) is 46.8 Å². The Morgan fingerprint density at radius 3 is 2.53 bits per heavy atom. The van der Waals surface area contributed by atoms with Gasteiger partial charge in [0.15, 0.2) is 0 Å². The standard InChI is InChI=1S/C23H29N3O4/c1-3-30-16-8-6-15(7-9-16)22-19-20(17-13-14(2)5-10-18(17)28)24-25-21(19)23(29)26(22)11-4-12-27/h5-10,13,19-22,24-25,27-28H,3-4,11-12H2,1-2H3. The number of aliphatic hydroxyl groups is 1. The first-order valence-electron chi connectivity index (χ1n) is 10.5. The van der Waals surface area contributed by atoms with E-state index in [-0.39, 0.29) is 36.3 Å². The van der Waals surface area contributed by atoms with Crippen LogP contribution in [-0.2, 0) is 4.79 Å². The lowest BCUT2D eigenvalue weighted by atomic mass is 9.83. The third-order valence-electron chi connectivity index (χ3n) is 6.02. The van der Waals surface area contributed by atoms with Gasteiger partial charge in [-0.15, -0.1) is 0 Å². The number of likely N-dealkylation sites (tertiary alicyclic amines) is 1. The first-order valence-corrected chi connectivity index (χ1v) is 10.5. The predicted octanol–water partition coefficient (Wildman–Crippen LogP) is 2.20. The molecule has 2 aromatic rings. The molecular formula is C23H29N3O4. The van der Waals surface area contributed by atoms with Crippen LogP contribution in [0.5, 0.6) is 11.5 Å². The molecule has 4 N–H and O–H groups in total. The van der Waals surface area contributed by atoms with E-state index < -0.39 is 6.04 Å². The predicted molar refractivity (Wildman–Crippen MR) is 113 cm³/mol. The molecule has 2 fully saturated rings. The maximum Gasteiger partial charge on any atom is 0.242 e.